The maximum atomic E-state index is 12.4. The van der Waals surface area contributed by atoms with Crippen LogP contribution < -0.4 is 0 Å². The highest BCUT2D eigenvalue weighted by molar-refractivity contribution is 5.90. The lowest BCUT2D eigenvalue weighted by molar-refractivity contribution is -0.131. The molecule has 2 atom stereocenters. The molecule has 33 heavy (non-hydrogen) atoms. The summed E-state index contributed by atoms with van der Waals surface area (Å²) >= 11 is 0. The molecule has 2 aliphatic heterocycles. The number of hydrogen-bond acceptors (Lipinski definition) is 6. The van der Waals surface area contributed by atoms with Crippen LogP contribution in [0.1, 0.15) is 84.2 Å². The SMILES string of the molecule is CC(C)(c1ccc(C(=O)OC2CCCCO2)cc1)c1ccc(C(=O)OC2CCCCO2)cc1. The van der Waals surface area contributed by atoms with Gasteiger partial charge in [0, 0.05) is 18.3 Å². The third-order valence-electron chi connectivity index (χ3n) is 6.44. The van der Waals surface area contributed by atoms with Crippen LogP contribution in [0.3, 0.4) is 0 Å². The Morgan fingerprint density at radius 3 is 1.42 bits per heavy atom. The number of benzene rings is 2. The van der Waals surface area contributed by atoms with Gasteiger partial charge in [0.15, 0.2) is 0 Å². The van der Waals surface area contributed by atoms with Crippen LogP contribution in [-0.4, -0.2) is 37.7 Å². The largest absolute Gasteiger partial charge is 0.432 e. The quantitative estimate of drug-likeness (QED) is 0.548. The van der Waals surface area contributed by atoms with Crippen LogP contribution in [0.4, 0.5) is 0 Å². The number of rotatable bonds is 6. The Balaban J connectivity index is 1.39. The molecule has 176 valence electrons. The summed E-state index contributed by atoms with van der Waals surface area (Å²) in [6, 6.07) is 14.9. The normalized spacial score (nSPS) is 21.3. The zero-order valence-corrected chi connectivity index (χ0v) is 19.4. The topological polar surface area (TPSA) is 71.1 Å². The summed E-state index contributed by atoms with van der Waals surface area (Å²) in [6.45, 7) is 5.49. The maximum absolute atomic E-state index is 12.4. The number of ether oxygens (including phenoxy) is 4. The molecule has 4 rings (SSSR count). The molecular weight excluding hydrogens is 420 g/mol. The predicted octanol–water partition coefficient (Wildman–Crippen LogP) is 5.38. The molecule has 0 aromatic heterocycles. The van der Waals surface area contributed by atoms with Crippen molar-refractivity contribution in [1.29, 1.82) is 0 Å². The van der Waals surface area contributed by atoms with Gasteiger partial charge in [0.05, 0.1) is 24.3 Å². The third-order valence-corrected chi connectivity index (χ3v) is 6.44. The molecule has 0 spiro atoms. The fraction of sp³-hybridized carbons (Fsp3) is 0.481. The van der Waals surface area contributed by atoms with Crippen molar-refractivity contribution in [1.82, 2.24) is 0 Å². The molecule has 2 aromatic carbocycles. The molecule has 2 fully saturated rings. The van der Waals surface area contributed by atoms with Crippen molar-refractivity contribution in [3.05, 3.63) is 70.8 Å². The molecule has 0 amide bonds. The minimum absolute atomic E-state index is 0.316. The van der Waals surface area contributed by atoms with Crippen molar-refractivity contribution < 1.29 is 28.5 Å². The van der Waals surface area contributed by atoms with Crippen LogP contribution in [-0.2, 0) is 24.4 Å². The van der Waals surface area contributed by atoms with Gasteiger partial charge < -0.3 is 18.9 Å². The van der Waals surface area contributed by atoms with E-state index in [4.69, 9.17) is 18.9 Å². The van der Waals surface area contributed by atoms with E-state index >= 15 is 0 Å². The molecule has 2 unspecified atom stereocenters. The Kier molecular flexibility index (Phi) is 7.46. The van der Waals surface area contributed by atoms with E-state index in [0.717, 1.165) is 49.7 Å². The second kappa shape index (κ2) is 10.5. The van der Waals surface area contributed by atoms with E-state index in [-0.39, 0.29) is 17.4 Å². The van der Waals surface area contributed by atoms with Crippen molar-refractivity contribution in [2.24, 2.45) is 0 Å². The molecule has 2 heterocycles. The lowest BCUT2D eigenvalue weighted by Gasteiger charge is -2.27. The lowest BCUT2D eigenvalue weighted by atomic mass is 9.78. The molecule has 0 radical (unpaired) electrons. The third kappa shape index (κ3) is 5.81. The van der Waals surface area contributed by atoms with E-state index in [0.29, 0.717) is 24.3 Å². The summed E-state index contributed by atoms with van der Waals surface area (Å²) in [5.41, 5.74) is 2.81. The molecule has 6 nitrogen and oxygen atoms in total. The van der Waals surface area contributed by atoms with E-state index in [2.05, 4.69) is 13.8 Å². The van der Waals surface area contributed by atoms with E-state index in [1.54, 1.807) is 24.3 Å². The number of carbonyl (C=O) groups excluding carboxylic acids is 2. The van der Waals surface area contributed by atoms with Crippen LogP contribution in [0, 0.1) is 0 Å². The second-order valence-corrected chi connectivity index (χ2v) is 9.18. The monoisotopic (exact) mass is 452 g/mol. The van der Waals surface area contributed by atoms with E-state index in [1.165, 1.54) is 0 Å². The fourth-order valence-electron chi connectivity index (χ4n) is 4.20. The zero-order valence-electron chi connectivity index (χ0n) is 19.4. The Morgan fingerprint density at radius 1 is 0.697 bits per heavy atom. The Bertz CT molecular complexity index is 858. The van der Waals surface area contributed by atoms with Gasteiger partial charge in [0.2, 0.25) is 12.6 Å². The minimum Gasteiger partial charge on any atom is -0.432 e. The van der Waals surface area contributed by atoms with Gasteiger partial charge in [0.25, 0.3) is 0 Å². The molecular formula is C27H32O6. The number of carbonyl (C=O) groups is 2. The van der Waals surface area contributed by atoms with Gasteiger partial charge >= 0.3 is 11.9 Å². The standard InChI is InChI=1S/C27H32O6/c1-27(2,21-13-9-19(10-14-21)25(28)32-23-7-3-5-17-30-23)22-15-11-20(12-16-22)26(29)33-24-8-4-6-18-31-24/h9-16,23-24H,3-8,17-18H2,1-2H3. The average molecular weight is 453 g/mol. The summed E-state index contributed by atoms with van der Waals surface area (Å²) in [7, 11) is 0. The van der Waals surface area contributed by atoms with Crippen LogP contribution in [0.15, 0.2) is 48.5 Å². The summed E-state index contributed by atoms with van der Waals surface area (Å²) in [5.74, 6) is -0.730. The molecule has 0 bridgehead atoms. The summed E-state index contributed by atoms with van der Waals surface area (Å²) in [4.78, 5) is 24.9. The molecule has 0 saturated carbocycles. The predicted molar refractivity (Wildman–Crippen MR) is 123 cm³/mol. The van der Waals surface area contributed by atoms with Gasteiger partial charge in [-0.3, -0.25) is 0 Å². The number of hydrogen-bond donors (Lipinski definition) is 0. The number of esters is 2. The van der Waals surface area contributed by atoms with E-state index < -0.39 is 12.6 Å². The first-order chi connectivity index (χ1) is 15.9. The van der Waals surface area contributed by atoms with Crippen molar-refractivity contribution in [2.75, 3.05) is 13.2 Å². The van der Waals surface area contributed by atoms with Gasteiger partial charge in [-0.2, -0.15) is 0 Å². The van der Waals surface area contributed by atoms with Gasteiger partial charge in [-0.1, -0.05) is 38.1 Å². The summed E-state index contributed by atoms with van der Waals surface area (Å²) in [5, 5.41) is 0. The van der Waals surface area contributed by atoms with Gasteiger partial charge in [-0.25, -0.2) is 9.59 Å². The van der Waals surface area contributed by atoms with Crippen LogP contribution in [0.25, 0.3) is 0 Å². The first-order valence-electron chi connectivity index (χ1n) is 11.8. The highest BCUT2D eigenvalue weighted by Crippen LogP contribution is 2.32. The van der Waals surface area contributed by atoms with Crippen molar-refractivity contribution >= 4 is 11.9 Å². The zero-order chi connectivity index (χ0) is 23.3. The van der Waals surface area contributed by atoms with Gasteiger partial charge in [0.1, 0.15) is 0 Å². The van der Waals surface area contributed by atoms with Crippen LogP contribution in [0.5, 0.6) is 0 Å². The minimum atomic E-state index is -0.447. The highest BCUT2D eigenvalue weighted by atomic mass is 16.7. The van der Waals surface area contributed by atoms with Crippen LogP contribution in [0.2, 0.25) is 0 Å². The van der Waals surface area contributed by atoms with Crippen molar-refractivity contribution in [2.45, 2.75) is 70.4 Å². The Labute approximate surface area is 195 Å². The Morgan fingerprint density at radius 2 is 1.09 bits per heavy atom. The highest BCUT2D eigenvalue weighted by Gasteiger charge is 2.25. The molecule has 2 aliphatic rings. The maximum Gasteiger partial charge on any atom is 0.340 e. The second-order valence-electron chi connectivity index (χ2n) is 9.18. The van der Waals surface area contributed by atoms with Crippen molar-refractivity contribution in [3.8, 4) is 0 Å². The first-order valence-corrected chi connectivity index (χ1v) is 11.8. The molecule has 0 aliphatic carbocycles. The average Bonchev–Trinajstić information content (AvgIpc) is 2.85. The van der Waals surface area contributed by atoms with E-state index in [9.17, 15) is 9.59 Å². The van der Waals surface area contributed by atoms with Gasteiger partial charge in [-0.15, -0.1) is 0 Å². The lowest BCUT2D eigenvalue weighted by Crippen LogP contribution is -2.25. The van der Waals surface area contributed by atoms with Crippen LogP contribution >= 0.6 is 0 Å². The summed E-state index contributed by atoms with van der Waals surface area (Å²) < 4.78 is 21.9. The fourth-order valence-corrected chi connectivity index (χ4v) is 4.20. The molecule has 2 aromatic rings. The van der Waals surface area contributed by atoms with E-state index in [1.807, 2.05) is 24.3 Å². The first kappa shape index (κ1) is 23.5. The van der Waals surface area contributed by atoms with Gasteiger partial charge in [-0.05, 0) is 61.1 Å². The molecule has 6 heteroatoms. The summed E-state index contributed by atoms with van der Waals surface area (Å²) in [6.07, 6.45) is 4.63. The molecule has 0 N–H and O–H groups in total. The Hall–Kier alpha value is -2.70. The molecule has 2 saturated heterocycles. The smallest absolute Gasteiger partial charge is 0.340 e. The van der Waals surface area contributed by atoms with Crippen molar-refractivity contribution in [3.63, 3.8) is 0 Å².